The van der Waals surface area contributed by atoms with Gasteiger partial charge in [-0.3, -0.25) is 14.8 Å². The molecule has 0 unspecified atom stereocenters. The quantitative estimate of drug-likeness (QED) is 0.475. The molecule has 3 aromatic rings. The van der Waals surface area contributed by atoms with E-state index in [2.05, 4.69) is 15.0 Å². The third-order valence-corrected chi connectivity index (χ3v) is 3.92. The SMILES string of the molecule is COc1cccc(-n2c(O)c(C=NCCCn3ccnc3)c(=O)[nH]c2=O)c1. The highest BCUT2D eigenvalue weighted by molar-refractivity contribution is 5.82. The molecule has 0 amide bonds. The van der Waals surface area contributed by atoms with E-state index in [1.807, 2.05) is 10.8 Å². The maximum atomic E-state index is 12.2. The van der Waals surface area contributed by atoms with E-state index in [0.29, 0.717) is 18.0 Å². The zero-order chi connectivity index (χ0) is 19.2. The van der Waals surface area contributed by atoms with Crippen molar-refractivity contribution in [1.82, 2.24) is 19.1 Å². The number of aromatic amines is 1. The first-order valence-corrected chi connectivity index (χ1v) is 8.28. The van der Waals surface area contributed by atoms with Crippen LogP contribution in [0, 0.1) is 0 Å². The molecule has 2 heterocycles. The van der Waals surface area contributed by atoms with Gasteiger partial charge in [0, 0.05) is 37.8 Å². The number of aromatic nitrogens is 4. The van der Waals surface area contributed by atoms with Gasteiger partial charge in [0.2, 0.25) is 5.88 Å². The van der Waals surface area contributed by atoms with Crippen molar-refractivity contribution < 1.29 is 9.84 Å². The number of ether oxygens (including phenoxy) is 1. The van der Waals surface area contributed by atoms with Gasteiger partial charge in [0.05, 0.1) is 19.1 Å². The Morgan fingerprint density at radius 3 is 2.96 bits per heavy atom. The van der Waals surface area contributed by atoms with Gasteiger partial charge in [0.15, 0.2) is 0 Å². The summed E-state index contributed by atoms with van der Waals surface area (Å²) in [6.07, 6.45) is 7.27. The van der Waals surface area contributed by atoms with Crippen LogP contribution in [0.4, 0.5) is 0 Å². The Morgan fingerprint density at radius 2 is 2.22 bits per heavy atom. The molecule has 0 bridgehead atoms. The molecule has 2 aromatic heterocycles. The molecule has 0 saturated heterocycles. The van der Waals surface area contributed by atoms with Crippen LogP contribution in [-0.4, -0.2) is 44.1 Å². The molecule has 0 atom stereocenters. The van der Waals surface area contributed by atoms with Crippen LogP contribution in [0.5, 0.6) is 11.6 Å². The van der Waals surface area contributed by atoms with Gasteiger partial charge in [-0.05, 0) is 18.6 Å². The van der Waals surface area contributed by atoms with E-state index in [1.165, 1.54) is 13.3 Å². The zero-order valence-corrected chi connectivity index (χ0v) is 14.7. The number of aliphatic imine (C=N–C) groups is 1. The number of nitrogens with one attached hydrogen (secondary N) is 1. The van der Waals surface area contributed by atoms with Gasteiger partial charge in [-0.25, -0.2) is 14.3 Å². The number of rotatable bonds is 7. The van der Waals surface area contributed by atoms with Crippen molar-refractivity contribution in [3.05, 3.63) is 69.4 Å². The van der Waals surface area contributed by atoms with Crippen molar-refractivity contribution in [3.63, 3.8) is 0 Å². The van der Waals surface area contributed by atoms with Crippen LogP contribution in [-0.2, 0) is 6.54 Å². The van der Waals surface area contributed by atoms with Gasteiger partial charge in [-0.1, -0.05) is 6.07 Å². The molecule has 3 rings (SSSR count). The molecular weight excluding hydrogens is 350 g/mol. The van der Waals surface area contributed by atoms with E-state index in [4.69, 9.17) is 4.74 Å². The summed E-state index contributed by atoms with van der Waals surface area (Å²) in [4.78, 5) is 34.6. The second-order valence-electron chi connectivity index (χ2n) is 5.72. The fraction of sp³-hybridized carbons (Fsp3) is 0.222. The third kappa shape index (κ3) is 4.14. The summed E-state index contributed by atoms with van der Waals surface area (Å²) in [5, 5.41) is 10.5. The minimum absolute atomic E-state index is 0.0833. The summed E-state index contributed by atoms with van der Waals surface area (Å²) in [7, 11) is 1.50. The molecule has 1 aromatic carbocycles. The summed E-state index contributed by atoms with van der Waals surface area (Å²) < 4.78 is 8.05. The molecule has 0 fully saturated rings. The lowest BCUT2D eigenvalue weighted by atomic mass is 10.2. The largest absolute Gasteiger partial charge is 0.497 e. The Bertz CT molecular complexity index is 1050. The average molecular weight is 369 g/mol. The first-order chi connectivity index (χ1) is 13.1. The van der Waals surface area contributed by atoms with Crippen LogP contribution in [0.25, 0.3) is 5.69 Å². The fourth-order valence-electron chi connectivity index (χ4n) is 2.56. The molecule has 140 valence electrons. The van der Waals surface area contributed by atoms with E-state index >= 15 is 0 Å². The number of methoxy groups -OCH3 is 1. The van der Waals surface area contributed by atoms with Crippen molar-refractivity contribution >= 4 is 6.21 Å². The molecule has 0 aliphatic rings. The zero-order valence-electron chi connectivity index (χ0n) is 14.7. The topological polar surface area (TPSA) is 114 Å². The Kier molecular flexibility index (Phi) is 5.50. The highest BCUT2D eigenvalue weighted by Gasteiger charge is 2.14. The van der Waals surface area contributed by atoms with Gasteiger partial charge in [-0.15, -0.1) is 0 Å². The minimum Gasteiger partial charge on any atom is -0.497 e. The molecule has 0 saturated carbocycles. The number of hydrogen-bond donors (Lipinski definition) is 2. The second-order valence-corrected chi connectivity index (χ2v) is 5.72. The predicted molar refractivity (Wildman–Crippen MR) is 100 cm³/mol. The summed E-state index contributed by atoms with van der Waals surface area (Å²) in [6.45, 7) is 1.19. The van der Waals surface area contributed by atoms with Crippen molar-refractivity contribution in [1.29, 1.82) is 0 Å². The third-order valence-electron chi connectivity index (χ3n) is 3.92. The van der Waals surface area contributed by atoms with Crippen molar-refractivity contribution in [2.24, 2.45) is 4.99 Å². The lowest BCUT2D eigenvalue weighted by Gasteiger charge is -2.10. The number of nitrogens with zero attached hydrogens (tertiary/aromatic N) is 4. The maximum Gasteiger partial charge on any atom is 0.335 e. The molecule has 9 heteroatoms. The van der Waals surface area contributed by atoms with Crippen LogP contribution in [0.15, 0.2) is 57.6 Å². The van der Waals surface area contributed by atoms with Crippen LogP contribution in [0.2, 0.25) is 0 Å². The second kappa shape index (κ2) is 8.17. The van der Waals surface area contributed by atoms with Crippen LogP contribution < -0.4 is 16.0 Å². The van der Waals surface area contributed by atoms with Gasteiger partial charge in [0.1, 0.15) is 11.3 Å². The Morgan fingerprint density at radius 1 is 1.37 bits per heavy atom. The van der Waals surface area contributed by atoms with Crippen molar-refractivity contribution in [2.45, 2.75) is 13.0 Å². The fourth-order valence-corrected chi connectivity index (χ4v) is 2.56. The van der Waals surface area contributed by atoms with Crippen molar-refractivity contribution in [3.8, 4) is 17.3 Å². The van der Waals surface area contributed by atoms with Gasteiger partial charge in [-0.2, -0.15) is 0 Å². The number of hydrogen-bond acceptors (Lipinski definition) is 6. The minimum atomic E-state index is -0.747. The monoisotopic (exact) mass is 369 g/mol. The molecule has 0 spiro atoms. The molecule has 0 aliphatic heterocycles. The average Bonchev–Trinajstić information content (AvgIpc) is 3.17. The Hall–Kier alpha value is -3.62. The molecular formula is C18H19N5O4. The predicted octanol–water partition coefficient (Wildman–Crippen LogP) is 0.946. The summed E-state index contributed by atoms with van der Waals surface area (Å²) in [5.41, 5.74) is -1.17. The standard InChI is InChI=1S/C18H19N5O4/c1-27-14-5-2-4-13(10-14)23-17(25)15(16(24)21-18(23)26)11-19-6-3-8-22-9-7-20-12-22/h2,4-5,7,9-12,25H,3,6,8H2,1H3,(H,21,24,26). The van der Waals surface area contributed by atoms with Crippen LogP contribution in [0.3, 0.4) is 0 Å². The van der Waals surface area contributed by atoms with Gasteiger partial charge < -0.3 is 14.4 Å². The van der Waals surface area contributed by atoms with E-state index in [0.717, 1.165) is 17.5 Å². The van der Waals surface area contributed by atoms with Crippen molar-refractivity contribution in [2.75, 3.05) is 13.7 Å². The first-order valence-electron chi connectivity index (χ1n) is 8.28. The first kappa shape index (κ1) is 18.2. The number of aromatic hydroxyl groups is 1. The Labute approximate surface area is 154 Å². The summed E-state index contributed by atoms with van der Waals surface area (Å²) >= 11 is 0. The van der Waals surface area contributed by atoms with E-state index in [9.17, 15) is 14.7 Å². The molecule has 2 N–H and O–H groups in total. The molecule has 0 radical (unpaired) electrons. The van der Waals surface area contributed by atoms with E-state index in [1.54, 1.807) is 36.8 Å². The van der Waals surface area contributed by atoms with Gasteiger partial charge in [0.25, 0.3) is 5.56 Å². The summed E-state index contributed by atoms with van der Waals surface area (Å²) in [5.74, 6) is 0.0371. The molecule has 27 heavy (non-hydrogen) atoms. The lowest BCUT2D eigenvalue weighted by molar-refractivity contribution is 0.412. The number of imidazole rings is 1. The van der Waals surface area contributed by atoms with Crippen LogP contribution in [0.1, 0.15) is 12.0 Å². The number of H-pyrrole nitrogens is 1. The molecule has 0 aliphatic carbocycles. The van der Waals surface area contributed by atoms with Gasteiger partial charge >= 0.3 is 5.69 Å². The molecule has 9 nitrogen and oxygen atoms in total. The maximum absolute atomic E-state index is 12.2. The Balaban J connectivity index is 1.84. The smallest absolute Gasteiger partial charge is 0.335 e. The van der Waals surface area contributed by atoms with E-state index < -0.39 is 17.1 Å². The number of aryl methyl sites for hydroxylation is 1. The summed E-state index contributed by atoms with van der Waals surface area (Å²) in [6, 6.07) is 6.58. The number of benzene rings is 1. The highest BCUT2D eigenvalue weighted by atomic mass is 16.5. The lowest BCUT2D eigenvalue weighted by Crippen LogP contribution is -2.31. The normalized spacial score (nSPS) is 11.1. The van der Waals surface area contributed by atoms with E-state index in [-0.39, 0.29) is 5.56 Å². The highest BCUT2D eigenvalue weighted by Crippen LogP contribution is 2.19. The van der Waals surface area contributed by atoms with Crippen LogP contribution >= 0.6 is 0 Å².